The molecule has 0 amide bonds. The van der Waals surface area contributed by atoms with Gasteiger partial charge in [-0.25, -0.2) is 0 Å². The van der Waals surface area contributed by atoms with E-state index >= 15 is 0 Å². The van der Waals surface area contributed by atoms with Crippen molar-refractivity contribution in [2.45, 2.75) is 25.2 Å². The van der Waals surface area contributed by atoms with Crippen LogP contribution in [0.15, 0.2) is 97.1 Å². The molecule has 4 aromatic carbocycles. The second-order valence-electron chi connectivity index (χ2n) is 11.9. The van der Waals surface area contributed by atoms with Crippen LogP contribution in [0, 0.1) is 0 Å². The molecular formula is C36H40Cl2N4O2V. The van der Waals surface area contributed by atoms with Crippen molar-refractivity contribution in [1.82, 2.24) is 19.6 Å². The van der Waals surface area contributed by atoms with Gasteiger partial charge in [0, 0.05) is 74.6 Å². The third kappa shape index (κ3) is 7.09. The van der Waals surface area contributed by atoms with Crippen LogP contribution >= 0.6 is 19.7 Å². The maximum absolute atomic E-state index is 10.8. The molecule has 4 fully saturated rings. The van der Waals surface area contributed by atoms with Crippen LogP contribution in [0.25, 0.3) is 22.3 Å². The van der Waals surface area contributed by atoms with E-state index in [2.05, 4.69) is 68.1 Å². The summed E-state index contributed by atoms with van der Waals surface area (Å²) in [7, 11) is 9.72. The number of halogens is 2. The molecule has 9 heteroatoms. The monoisotopic (exact) mass is 681 g/mol. The number of nitrogens with zero attached hydrogens (tertiary/aromatic N) is 4. The quantitative estimate of drug-likeness (QED) is 0.232. The van der Waals surface area contributed by atoms with Gasteiger partial charge in [0.15, 0.2) is 0 Å². The summed E-state index contributed by atoms with van der Waals surface area (Å²) in [6.45, 7) is 8.98. The van der Waals surface area contributed by atoms with Gasteiger partial charge in [-0.3, -0.25) is 19.6 Å². The predicted octanol–water partition coefficient (Wildman–Crippen LogP) is 7.53. The molecule has 4 heterocycles. The molecule has 4 aliphatic heterocycles. The van der Waals surface area contributed by atoms with Crippen molar-refractivity contribution in [1.29, 1.82) is 0 Å². The Balaban J connectivity index is 0.000000146. The molecule has 4 saturated heterocycles. The summed E-state index contributed by atoms with van der Waals surface area (Å²) >= 11 is -0.368. The number of hydrogen-bond donors (Lipinski definition) is 2. The molecule has 0 aromatic heterocycles. The Hall–Kier alpha value is -2.52. The van der Waals surface area contributed by atoms with E-state index in [1.807, 2.05) is 48.5 Å². The van der Waals surface area contributed by atoms with Crippen LogP contribution in [-0.4, -0.2) is 82.2 Å². The van der Waals surface area contributed by atoms with Crippen LogP contribution in [0.2, 0.25) is 0 Å². The molecule has 4 unspecified atom stereocenters. The van der Waals surface area contributed by atoms with Gasteiger partial charge < -0.3 is 10.2 Å². The molecule has 0 aliphatic carbocycles. The fourth-order valence-corrected chi connectivity index (χ4v) is 7.38. The zero-order valence-electron chi connectivity index (χ0n) is 25.3. The van der Waals surface area contributed by atoms with E-state index in [-0.39, 0.29) is 26.7 Å². The first-order valence-electron chi connectivity index (χ1n) is 15.7. The Morgan fingerprint density at radius 2 is 0.800 bits per heavy atom. The third-order valence-corrected chi connectivity index (χ3v) is 9.37. The van der Waals surface area contributed by atoms with Crippen molar-refractivity contribution in [3.8, 4) is 33.8 Å². The molecule has 0 saturated carbocycles. The third-order valence-electron chi connectivity index (χ3n) is 9.37. The summed E-state index contributed by atoms with van der Waals surface area (Å²) in [6, 6.07) is 32.5. The summed E-state index contributed by atoms with van der Waals surface area (Å²) in [5.41, 5.74) is 6.11. The SMILES string of the molecule is Oc1c(-c2ccccc2)cccc1C1N2CCCN1CC2.Oc1c(-c2ccccc2)cccc1C1N2CCCN1CC2.[Cl][V][Cl]. The zero-order chi connectivity index (χ0) is 31.2. The number of hydrogen-bond acceptors (Lipinski definition) is 6. The predicted molar refractivity (Wildman–Crippen MR) is 180 cm³/mol. The van der Waals surface area contributed by atoms with Crippen LogP contribution in [0.4, 0.5) is 0 Å². The van der Waals surface area contributed by atoms with E-state index in [0.29, 0.717) is 11.5 Å². The van der Waals surface area contributed by atoms with Crippen molar-refractivity contribution in [2.75, 3.05) is 52.4 Å². The molecule has 4 bridgehead atoms. The molecule has 0 radical (unpaired) electrons. The standard InChI is InChI=1S/2C18H20N2O.2ClH.V/c2*21-17-15(14-6-2-1-3-7-14)8-4-9-16(17)18-19-10-5-11-20(18)13-12-19;;;/h2*1-4,6-9,18,21H,5,10-13H2;2*1H;/q;;;;+2/p-2. The first kappa shape index (κ1) is 32.4. The van der Waals surface area contributed by atoms with Crippen LogP contribution in [0.1, 0.15) is 36.3 Å². The van der Waals surface area contributed by atoms with E-state index in [9.17, 15) is 10.2 Å². The van der Waals surface area contributed by atoms with E-state index in [1.165, 1.54) is 12.8 Å². The Morgan fingerprint density at radius 1 is 0.467 bits per heavy atom. The minimum atomic E-state index is -0.368. The van der Waals surface area contributed by atoms with Crippen molar-refractivity contribution in [3.05, 3.63) is 108 Å². The van der Waals surface area contributed by atoms with E-state index in [4.69, 9.17) is 19.7 Å². The van der Waals surface area contributed by atoms with Crippen molar-refractivity contribution in [2.24, 2.45) is 0 Å². The van der Waals surface area contributed by atoms with Crippen LogP contribution in [0.3, 0.4) is 0 Å². The number of rotatable bonds is 4. The van der Waals surface area contributed by atoms with E-state index in [0.717, 1.165) is 85.7 Å². The van der Waals surface area contributed by atoms with Gasteiger partial charge in [-0.1, -0.05) is 97.1 Å². The number of benzene rings is 4. The van der Waals surface area contributed by atoms with Gasteiger partial charge in [-0.2, -0.15) is 0 Å². The van der Waals surface area contributed by atoms with Gasteiger partial charge >= 0.3 is 34.1 Å². The summed E-state index contributed by atoms with van der Waals surface area (Å²) in [5, 5.41) is 21.6. The molecule has 6 nitrogen and oxygen atoms in total. The summed E-state index contributed by atoms with van der Waals surface area (Å²) in [5.74, 6) is 0.875. The number of para-hydroxylation sites is 2. The normalized spacial score (nSPS) is 26.2. The van der Waals surface area contributed by atoms with Gasteiger partial charge in [0.2, 0.25) is 0 Å². The molecule has 235 valence electrons. The molecule has 4 atom stereocenters. The summed E-state index contributed by atoms with van der Waals surface area (Å²) in [6.07, 6.45) is 2.97. The van der Waals surface area contributed by atoms with E-state index in [1.54, 1.807) is 0 Å². The van der Waals surface area contributed by atoms with Crippen molar-refractivity contribution < 1.29 is 24.6 Å². The van der Waals surface area contributed by atoms with Crippen molar-refractivity contribution in [3.63, 3.8) is 0 Å². The molecule has 0 spiro atoms. The maximum atomic E-state index is 10.8. The topological polar surface area (TPSA) is 53.4 Å². The Morgan fingerprint density at radius 3 is 1.13 bits per heavy atom. The fraction of sp³-hybridized carbons (Fsp3) is 0.333. The van der Waals surface area contributed by atoms with Gasteiger partial charge in [0.25, 0.3) is 0 Å². The first-order valence-corrected chi connectivity index (χ1v) is 19.6. The van der Waals surface area contributed by atoms with Gasteiger partial charge in [-0.15, -0.1) is 0 Å². The second-order valence-corrected chi connectivity index (χ2v) is 14.2. The zero-order valence-corrected chi connectivity index (χ0v) is 28.3. The Bertz CT molecular complexity index is 1400. The Kier molecular flexibility index (Phi) is 11.1. The molecule has 2 N–H and O–H groups in total. The fourth-order valence-electron chi connectivity index (χ4n) is 7.38. The number of aromatic hydroxyl groups is 2. The van der Waals surface area contributed by atoms with Gasteiger partial charge in [-0.05, 0) is 24.0 Å². The molecule has 45 heavy (non-hydrogen) atoms. The minimum absolute atomic E-state index is 0.252. The molecule has 4 aromatic rings. The van der Waals surface area contributed by atoms with Crippen LogP contribution in [-0.2, 0) is 14.4 Å². The average molecular weight is 683 g/mol. The van der Waals surface area contributed by atoms with E-state index < -0.39 is 0 Å². The van der Waals surface area contributed by atoms with Crippen LogP contribution < -0.4 is 0 Å². The second kappa shape index (κ2) is 15.4. The number of phenols is 2. The molecule has 4 aliphatic rings. The molecular weight excluding hydrogens is 642 g/mol. The Labute approximate surface area is 282 Å². The summed E-state index contributed by atoms with van der Waals surface area (Å²) in [4.78, 5) is 9.92. The first-order chi connectivity index (χ1) is 22.1. The average Bonchev–Trinajstić information content (AvgIpc) is 3.46. The van der Waals surface area contributed by atoms with Gasteiger partial charge in [0.05, 0.1) is 12.3 Å². The number of phenolic OH excluding ortho intramolecular Hbond substituents is 2. The molecule has 8 rings (SSSR count). The number of fused-ring (bicyclic) bond motifs is 4. The van der Waals surface area contributed by atoms with Crippen LogP contribution in [0.5, 0.6) is 11.5 Å². The summed E-state index contributed by atoms with van der Waals surface area (Å²) < 4.78 is 0. The van der Waals surface area contributed by atoms with Gasteiger partial charge in [0.1, 0.15) is 11.5 Å². The van der Waals surface area contributed by atoms with Crippen molar-refractivity contribution >= 4 is 19.7 Å².